The number of amides is 1. The molecule has 5 nitrogen and oxygen atoms in total. The second-order valence-corrected chi connectivity index (χ2v) is 7.14. The Bertz CT molecular complexity index is 852. The Morgan fingerprint density at radius 2 is 2.04 bits per heavy atom. The number of benzene rings is 1. The molecule has 126 valence electrons. The Balaban J connectivity index is 1.87. The molecule has 1 atom stereocenters. The molecule has 2 aromatic heterocycles. The van der Waals surface area contributed by atoms with Gasteiger partial charge in [0.2, 0.25) is 0 Å². The van der Waals surface area contributed by atoms with Crippen LogP contribution in [0.4, 0.5) is 0 Å². The van der Waals surface area contributed by atoms with Crippen LogP contribution in [-0.4, -0.2) is 27.4 Å². The van der Waals surface area contributed by atoms with Crippen LogP contribution in [0.2, 0.25) is 0 Å². The fraction of sp³-hybridized carbons (Fsp3) is 0.333. The van der Waals surface area contributed by atoms with E-state index < -0.39 is 6.04 Å². The zero-order valence-electron chi connectivity index (χ0n) is 14.0. The quantitative estimate of drug-likeness (QED) is 0.747. The van der Waals surface area contributed by atoms with Crippen LogP contribution in [0.1, 0.15) is 46.7 Å². The van der Waals surface area contributed by atoms with Crippen molar-refractivity contribution in [2.45, 2.75) is 25.8 Å². The first kappa shape index (κ1) is 16.7. The average Bonchev–Trinajstić information content (AvgIpc) is 3.14. The molecular weight excluding hydrogens is 322 g/mol. The molecule has 0 saturated carbocycles. The summed E-state index contributed by atoms with van der Waals surface area (Å²) in [7, 11) is 1.90. The highest BCUT2D eigenvalue weighted by Gasteiger charge is 2.20. The number of nitrogens with zero attached hydrogens (tertiary/aromatic N) is 2. The molecule has 3 rings (SSSR count). The highest BCUT2D eigenvalue weighted by atomic mass is 32.1. The SMILES string of the molecule is CC(C)c1nn(C)c2sc(C(=O)NC(CO)c3ccccc3)cc12. The topological polar surface area (TPSA) is 67.2 Å². The number of thiophene rings is 1. The molecule has 1 amide bonds. The van der Waals surface area contributed by atoms with Gasteiger partial charge in [0.05, 0.1) is 23.2 Å². The van der Waals surface area contributed by atoms with E-state index in [2.05, 4.69) is 24.3 Å². The number of aromatic nitrogens is 2. The first-order valence-corrected chi connectivity index (χ1v) is 8.76. The molecule has 0 saturated heterocycles. The number of aliphatic hydroxyl groups excluding tert-OH is 1. The molecule has 2 N–H and O–H groups in total. The first-order chi connectivity index (χ1) is 11.5. The fourth-order valence-electron chi connectivity index (χ4n) is 2.75. The van der Waals surface area contributed by atoms with E-state index >= 15 is 0 Å². The molecule has 2 heterocycles. The fourth-order valence-corrected chi connectivity index (χ4v) is 3.74. The van der Waals surface area contributed by atoms with Crippen molar-refractivity contribution in [3.05, 3.63) is 52.5 Å². The largest absolute Gasteiger partial charge is 0.394 e. The van der Waals surface area contributed by atoms with Gasteiger partial charge in [-0.3, -0.25) is 9.48 Å². The lowest BCUT2D eigenvalue weighted by Gasteiger charge is -2.16. The number of rotatable bonds is 5. The number of hydrogen-bond donors (Lipinski definition) is 2. The molecule has 6 heteroatoms. The summed E-state index contributed by atoms with van der Waals surface area (Å²) < 4.78 is 1.83. The standard InChI is InChI=1S/C18H21N3O2S/c1-11(2)16-13-9-15(24-18(13)21(3)20-16)17(23)19-14(10-22)12-7-5-4-6-8-12/h4-9,11,14,22H,10H2,1-3H3,(H,19,23). The highest BCUT2D eigenvalue weighted by Crippen LogP contribution is 2.31. The third-order valence-corrected chi connectivity index (χ3v) is 5.20. The third-order valence-electron chi connectivity index (χ3n) is 4.00. The van der Waals surface area contributed by atoms with Gasteiger partial charge in [-0.1, -0.05) is 44.2 Å². The average molecular weight is 343 g/mol. The van der Waals surface area contributed by atoms with Crippen molar-refractivity contribution in [1.82, 2.24) is 15.1 Å². The number of carbonyl (C=O) groups is 1. The second-order valence-electron chi connectivity index (χ2n) is 6.11. The van der Waals surface area contributed by atoms with Crippen molar-refractivity contribution in [1.29, 1.82) is 0 Å². The van der Waals surface area contributed by atoms with Crippen molar-refractivity contribution in [2.24, 2.45) is 7.05 Å². The van der Waals surface area contributed by atoms with Crippen molar-refractivity contribution >= 4 is 27.5 Å². The number of aryl methyl sites for hydroxylation is 1. The van der Waals surface area contributed by atoms with E-state index in [4.69, 9.17) is 0 Å². The highest BCUT2D eigenvalue weighted by molar-refractivity contribution is 7.20. The predicted octanol–water partition coefficient (Wildman–Crippen LogP) is 3.22. The maximum Gasteiger partial charge on any atom is 0.262 e. The van der Waals surface area contributed by atoms with Crippen LogP contribution in [0.15, 0.2) is 36.4 Å². The lowest BCUT2D eigenvalue weighted by atomic mass is 10.1. The summed E-state index contributed by atoms with van der Waals surface area (Å²) in [4.78, 5) is 14.2. The van der Waals surface area contributed by atoms with Crippen molar-refractivity contribution in [3.8, 4) is 0 Å². The number of nitrogens with one attached hydrogen (secondary N) is 1. The minimum absolute atomic E-state index is 0.139. The summed E-state index contributed by atoms with van der Waals surface area (Å²) >= 11 is 1.42. The second kappa shape index (κ2) is 6.75. The van der Waals surface area contributed by atoms with E-state index in [1.807, 2.05) is 48.1 Å². The number of hydrogen-bond acceptors (Lipinski definition) is 4. The number of carbonyl (C=O) groups excluding carboxylic acids is 1. The summed E-state index contributed by atoms with van der Waals surface area (Å²) in [6.07, 6.45) is 0. The Morgan fingerprint density at radius 1 is 1.33 bits per heavy atom. The summed E-state index contributed by atoms with van der Waals surface area (Å²) in [5.41, 5.74) is 1.89. The number of fused-ring (bicyclic) bond motifs is 1. The molecule has 3 aromatic rings. The van der Waals surface area contributed by atoms with Crippen LogP contribution >= 0.6 is 11.3 Å². The van der Waals surface area contributed by atoms with Gasteiger partial charge in [-0.15, -0.1) is 11.3 Å². The van der Waals surface area contributed by atoms with Gasteiger partial charge in [0.1, 0.15) is 4.83 Å². The van der Waals surface area contributed by atoms with Crippen molar-refractivity contribution in [3.63, 3.8) is 0 Å². The maximum atomic E-state index is 12.6. The van der Waals surface area contributed by atoms with Crippen LogP contribution in [-0.2, 0) is 7.05 Å². The van der Waals surface area contributed by atoms with Crippen LogP contribution < -0.4 is 5.32 Å². The molecule has 0 aliphatic carbocycles. The monoisotopic (exact) mass is 343 g/mol. The smallest absolute Gasteiger partial charge is 0.262 e. The molecule has 0 spiro atoms. The normalized spacial score (nSPS) is 12.7. The van der Waals surface area contributed by atoms with Crippen LogP contribution in [0.5, 0.6) is 0 Å². The van der Waals surface area contributed by atoms with E-state index in [1.165, 1.54) is 11.3 Å². The molecule has 24 heavy (non-hydrogen) atoms. The Kier molecular flexibility index (Phi) is 4.69. The Labute approximate surface area is 144 Å². The Morgan fingerprint density at radius 3 is 2.67 bits per heavy atom. The first-order valence-electron chi connectivity index (χ1n) is 7.94. The van der Waals surface area contributed by atoms with E-state index in [1.54, 1.807) is 0 Å². The van der Waals surface area contributed by atoms with Crippen LogP contribution in [0.3, 0.4) is 0 Å². The molecule has 1 unspecified atom stereocenters. The van der Waals surface area contributed by atoms with E-state index in [9.17, 15) is 9.90 Å². The van der Waals surface area contributed by atoms with Gasteiger partial charge in [-0.25, -0.2) is 0 Å². The summed E-state index contributed by atoms with van der Waals surface area (Å²) in [5.74, 6) is 0.127. The summed E-state index contributed by atoms with van der Waals surface area (Å²) in [6, 6.07) is 11.0. The third kappa shape index (κ3) is 3.07. The molecule has 0 aliphatic heterocycles. The van der Waals surface area contributed by atoms with Gasteiger partial charge in [-0.05, 0) is 17.5 Å². The maximum absolute atomic E-state index is 12.6. The Hall–Kier alpha value is -2.18. The molecular formula is C18H21N3O2S. The van der Waals surface area contributed by atoms with Gasteiger partial charge >= 0.3 is 0 Å². The lowest BCUT2D eigenvalue weighted by molar-refractivity contribution is 0.0920. The van der Waals surface area contributed by atoms with E-state index in [0.717, 1.165) is 21.5 Å². The predicted molar refractivity (Wildman–Crippen MR) is 96.4 cm³/mol. The van der Waals surface area contributed by atoms with Gasteiger partial charge in [0, 0.05) is 12.4 Å². The summed E-state index contributed by atoms with van der Waals surface area (Å²) in [5, 5.41) is 18.1. The van der Waals surface area contributed by atoms with Gasteiger partial charge in [-0.2, -0.15) is 5.10 Å². The minimum Gasteiger partial charge on any atom is -0.394 e. The van der Waals surface area contributed by atoms with E-state index in [0.29, 0.717) is 10.8 Å². The minimum atomic E-state index is -0.411. The molecule has 0 aliphatic rings. The van der Waals surface area contributed by atoms with Crippen molar-refractivity contribution in [2.75, 3.05) is 6.61 Å². The molecule has 1 aromatic carbocycles. The summed E-state index contributed by atoms with van der Waals surface area (Å²) in [6.45, 7) is 4.05. The van der Waals surface area contributed by atoms with Crippen molar-refractivity contribution < 1.29 is 9.90 Å². The van der Waals surface area contributed by atoms with Crippen LogP contribution in [0, 0.1) is 0 Å². The zero-order valence-corrected chi connectivity index (χ0v) is 14.8. The van der Waals surface area contributed by atoms with Gasteiger partial charge in [0.15, 0.2) is 0 Å². The van der Waals surface area contributed by atoms with Gasteiger partial charge in [0.25, 0.3) is 5.91 Å². The molecule has 0 bridgehead atoms. The lowest BCUT2D eigenvalue weighted by Crippen LogP contribution is -2.30. The van der Waals surface area contributed by atoms with E-state index in [-0.39, 0.29) is 12.5 Å². The zero-order chi connectivity index (χ0) is 17.3. The number of aliphatic hydroxyl groups is 1. The molecule has 0 radical (unpaired) electrons. The molecule has 0 fully saturated rings. The van der Waals surface area contributed by atoms with Gasteiger partial charge < -0.3 is 10.4 Å². The van der Waals surface area contributed by atoms with Crippen LogP contribution in [0.25, 0.3) is 10.2 Å².